The second-order valence-electron chi connectivity index (χ2n) is 6.63. The van der Waals surface area contributed by atoms with E-state index in [1.54, 1.807) is 0 Å². The maximum absolute atomic E-state index is 12.3. The molecule has 1 fully saturated rings. The summed E-state index contributed by atoms with van der Waals surface area (Å²) in [6.45, 7) is 5.93. The molecule has 1 atom stereocenters. The summed E-state index contributed by atoms with van der Waals surface area (Å²) in [6.07, 6.45) is 5.83. The zero-order valence-corrected chi connectivity index (χ0v) is 15.9. The highest BCUT2D eigenvalue weighted by atomic mass is 32.2. The average Bonchev–Trinajstić information content (AvgIpc) is 2.54. The standard InChI is InChI=1S/C16H33N3O3S/c1-5-7-8-14(6-2)13-17-16(20)15-9-11-19(12-10-15)23(21,22)18(3)4/h14-15H,5-13H2,1-4H3,(H,17,20)/t14-/m1/s1. The van der Waals surface area contributed by atoms with Crippen molar-refractivity contribution in [1.82, 2.24) is 13.9 Å². The molecule has 1 aliphatic heterocycles. The fraction of sp³-hybridized carbons (Fsp3) is 0.938. The maximum Gasteiger partial charge on any atom is 0.281 e. The number of hydrogen-bond donors (Lipinski definition) is 1. The fourth-order valence-corrected chi connectivity index (χ4v) is 4.05. The number of carbonyl (C=O) groups is 1. The summed E-state index contributed by atoms with van der Waals surface area (Å²) < 4.78 is 26.8. The minimum atomic E-state index is -3.35. The lowest BCUT2D eigenvalue weighted by molar-refractivity contribution is -0.126. The van der Waals surface area contributed by atoms with Gasteiger partial charge in [-0.05, 0) is 25.2 Å². The van der Waals surface area contributed by atoms with Crippen LogP contribution < -0.4 is 5.32 Å². The summed E-state index contributed by atoms with van der Waals surface area (Å²) in [5, 5.41) is 3.07. The van der Waals surface area contributed by atoms with Crippen LogP contribution >= 0.6 is 0 Å². The first-order valence-corrected chi connectivity index (χ1v) is 10.2. The summed E-state index contributed by atoms with van der Waals surface area (Å²) in [5.41, 5.74) is 0. The van der Waals surface area contributed by atoms with E-state index >= 15 is 0 Å². The van der Waals surface area contributed by atoms with Gasteiger partial charge in [0.05, 0.1) is 0 Å². The Morgan fingerprint density at radius 3 is 2.35 bits per heavy atom. The van der Waals surface area contributed by atoms with Crippen LogP contribution in [0.3, 0.4) is 0 Å². The van der Waals surface area contributed by atoms with Gasteiger partial charge in [0, 0.05) is 39.6 Å². The third-order valence-corrected chi connectivity index (χ3v) is 6.66. The van der Waals surface area contributed by atoms with Crippen LogP contribution in [0, 0.1) is 11.8 Å². The topological polar surface area (TPSA) is 69.7 Å². The molecule has 1 rings (SSSR count). The molecule has 136 valence electrons. The van der Waals surface area contributed by atoms with Crippen LogP contribution in [-0.4, -0.2) is 56.7 Å². The van der Waals surface area contributed by atoms with Crippen molar-refractivity contribution >= 4 is 16.1 Å². The number of unbranched alkanes of at least 4 members (excludes halogenated alkanes) is 1. The van der Waals surface area contributed by atoms with E-state index in [0.29, 0.717) is 31.8 Å². The van der Waals surface area contributed by atoms with Gasteiger partial charge in [0.25, 0.3) is 10.2 Å². The summed E-state index contributed by atoms with van der Waals surface area (Å²) in [5.74, 6) is 0.572. The Morgan fingerprint density at radius 2 is 1.87 bits per heavy atom. The molecule has 0 aliphatic carbocycles. The van der Waals surface area contributed by atoms with Crippen molar-refractivity contribution in [2.45, 2.75) is 52.4 Å². The molecule has 7 heteroatoms. The van der Waals surface area contributed by atoms with E-state index in [1.807, 2.05) is 0 Å². The SMILES string of the molecule is CCCC[C@@H](CC)CNC(=O)C1CCN(S(=O)(=O)N(C)C)CC1. The van der Waals surface area contributed by atoms with Gasteiger partial charge in [-0.1, -0.05) is 33.1 Å². The van der Waals surface area contributed by atoms with Crippen LogP contribution in [0.15, 0.2) is 0 Å². The monoisotopic (exact) mass is 347 g/mol. The maximum atomic E-state index is 12.3. The lowest BCUT2D eigenvalue weighted by atomic mass is 9.95. The number of nitrogens with one attached hydrogen (secondary N) is 1. The van der Waals surface area contributed by atoms with Crippen molar-refractivity contribution in [3.05, 3.63) is 0 Å². The van der Waals surface area contributed by atoms with E-state index in [1.165, 1.54) is 35.5 Å². The van der Waals surface area contributed by atoms with Crippen LogP contribution in [0.4, 0.5) is 0 Å². The number of amides is 1. The molecule has 0 radical (unpaired) electrons. The number of carbonyl (C=O) groups excluding carboxylic acids is 1. The van der Waals surface area contributed by atoms with E-state index in [-0.39, 0.29) is 11.8 Å². The molecule has 1 saturated heterocycles. The average molecular weight is 348 g/mol. The molecule has 1 heterocycles. The molecular formula is C16H33N3O3S. The third kappa shape index (κ3) is 6.04. The molecule has 0 aromatic carbocycles. The number of hydrogen-bond acceptors (Lipinski definition) is 3. The summed E-state index contributed by atoms with van der Waals surface area (Å²) in [4.78, 5) is 12.3. The molecular weight excluding hydrogens is 314 g/mol. The molecule has 1 N–H and O–H groups in total. The van der Waals surface area contributed by atoms with E-state index in [0.717, 1.165) is 19.4 Å². The molecule has 0 aromatic rings. The smallest absolute Gasteiger partial charge is 0.281 e. The molecule has 0 unspecified atom stereocenters. The van der Waals surface area contributed by atoms with Gasteiger partial charge in [-0.2, -0.15) is 17.0 Å². The molecule has 1 aliphatic rings. The van der Waals surface area contributed by atoms with Crippen molar-refractivity contribution in [2.24, 2.45) is 11.8 Å². The van der Waals surface area contributed by atoms with Crippen LogP contribution in [-0.2, 0) is 15.0 Å². The Balaban J connectivity index is 2.40. The van der Waals surface area contributed by atoms with Gasteiger partial charge in [-0.25, -0.2) is 0 Å². The second kappa shape index (κ2) is 9.59. The zero-order chi connectivity index (χ0) is 17.5. The zero-order valence-electron chi connectivity index (χ0n) is 15.0. The van der Waals surface area contributed by atoms with Crippen LogP contribution in [0.2, 0.25) is 0 Å². The van der Waals surface area contributed by atoms with Crippen LogP contribution in [0.25, 0.3) is 0 Å². The minimum absolute atomic E-state index is 0.0627. The Hall–Kier alpha value is -0.660. The highest BCUT2D eigenvalue weighted by Gasteiger charge is 2.32. The van der Waals surface area contributed by atoms with Gasteiger partial charge in [0.2, 0.25) is 5.91 Å². The quantitative estimate of drug-likeness (QED) is 0.692. The first kappa shape index (κ1) is 20.4. The van der Waals surface area contributed by atoms with Gasteiger partial charge in [0.15, 0.2) is 0 Å². The van der Waals surface area contributed by atoms with Gasteiger partial charge in [0.1, 0.15) is 0 Å². The van der Waals surface area contributed by atoms with Gasteiger partial charge in [-0.3, -0.25) is 4.79 Å². The van der Waals surface area contributed by atoms with Crippen LogP contribution in [0.1, 0.15) is 52.4 Å². The largest absolute Gasteiger partial charge is 0.356 e. The Labute approximate surface area is 141 Å². The van der Waals surface area contributed by atoms with Gasteiger partial charge >= 0.3 is 0 Å². The van der Waals surface area contributed by atoms with Gasteiger partial charge in [-0.15, -0.1) is 0 Å². The minimum Gasteiger partial charge on any atom is -0.356 e. The van der Waals surface area contributed by atoms with E-state index < -0.39 is 10.2 Å². The lowest BCUT2D eigenvalue weighted by Crippen LogP contribution is -2.47. The second-order valence-corrected chi connectivity index (χ2v) is 8.77. The van der Waals surface area contributed by atoms with Crippen LogP contribution in [0.5, 0.6) is 0 Å². The Bertz CT molecular complexity index is 457. The highest BCUT2D eigenvalue weighted by Crippen LogP contribution is 2.21. The molecule has 6 nitrogen and oxygen atoms in total. The summed E-state index contributed by atoms with van der Waals surface area (Å²) in [6, 6.07) is 0. The molecule has 0 bridgehead atoms. The van der Waals surface area contributed by atoms with Gasteiger partial charge < -0.3 is 5.32 Å². The van der Waals surface area contributed by atoms with E-state index in [2.05, 4.69) is 19.2 Å². The van der Waals surface area contributed by atoms with Crippen molar-refractivity contribution in [1.29, 1.82) is 0 Å². The normalized spacial score (nSPS) is 19.0. The molecule has 0 spiro atoms. The Morgan fingerprint density at radius 1 is 1.26 bits per heavy atom. The molecule has 0 aromatic heterocycles. The first-order chi connectivity index (χ1) is 10.8. The first-order valence-electron chi connectivity index (χ1n) is 8.78. The molecule has 0 saturated carbocycles. The van der Waals surface area contributed by atoms with Crippen molar-refractivity contribution in [3.63, 3.8) is 0 Å². The van der Waals surface area contributed by atoms with E-state index in [9.17, 15) is 13.2 Å². The number of nitrogens with zero attached hydrogens (tertiary/aromatic N) is 2. The fourth-order valence-electron chi connectivity index (χ4n) is 2.91. The van der Waals surface area contributed by atoms with Crippen molar-refractivity contribution < 1.29 is 13.2 Å². The van der Waals surface area contributed by atoms with Crippen molar-refractivity contribution in [3.8, 4) is 0 Å². The predicted octanol–water partition coefficient (Wildman–Crippen LogP) is 1.84. The lowest BCUT2D eigenvalue weighted by Gasteiger charge is -2.32. The highest BCUT2D eigenvalue weighted by molar-refractivity contribution is 7.86. The van der Waals surface area contributed by atoms with E-state index in [4.69, 9.17) is 0 Å². The molecule has 23 heavy (non-hydrogen) atoms. The predicted molar refractivity (Wildman–Crippen MR) is 93.2 cm³/mol. The summed E-state index contributed by atoms with van der Waals surface area (Å²) >= 11 is 0. The summed E-state index contributed by atoms with van der Waals surface area (Å²) in [7, 11) is -0.280. The number of rotatable bonds is 9. The molecule has 1 amide bonds. The third-order valence-electron chi connectivity index (χ3n) is 4.72. The Kier molecular flexibility index (Phi) is 8.50. The number of piperidine rings is 1. The van der Waals surface area contributed by atoms with Crippen molar-refractivity contribution in [2.75, 3.05) is 33.7 Å².